The zero-order chi connectivity index (χ0) is 34.5. The molecule has 0 radical (unpaired) electrons. The molecule has 0 fully saturated rings. The molecule has 2 unspecified atom stereocenters. The molecule has 0 heterocycles. The van der Waals surface area contributed by atoms with Crippen molar-refractivity contribution in [3.05, 3.63) is 36.5 Å². The third-order valence-electron chi connectivity index (χ3n) is 7.78. The van der Waals surface area contributed by atoms with Crippen LogP contribution in [0.3, 0.4) is 0 Å². The van der Waals surface area contributed by atoms with Crippen molar-refractivity contribution >= 4 is 13.8 Å². The molecule has 0 spiro atoms. The van der Waals surface area contributed by atoms with E-state index in [1.807, 2.05) is 0 Å². The van der Waals surface area contributed by atoms with Crippen molar-refractivity contribution < 1.29 is 32.8 Å². The van der Waals surface area contributed by atoms with Crippen LogP contribution in [0, 0.1) is 0 Å². The van der Waals surface area contributed by atoms with Gasteiger partial charge in [0, 0.05) is 19.6 Å². The highest BCUT2D eigenvalue weighted by molar-refractivity contribution is 7.47. The van der Waals surface area contributed by atoms with Gasteiger partial charge in [-0.2, -0.15) is 0 Å². The Kier molecular flexibility index (Phi) is 35.0. The lowest BCUT2D eigenvalue weighted by Crippen LogP contribution is -2.28. The second kappa shape index (κ2) is 36.0. The van der Waals surface area contributed by atoms with Gasteiger partial charge in [0.15, 0.2) is 0 Å². The fourth-order valence-corrected chi connectivity index (χ4v) is 5.71. The van der Waals surface area contributed by atoms with E-state index in [-0.39, 0.29) is 32.3 Å². The van der Waals surface area contributed by atoms with Gasteiger partial charge in [-0.25, -0.2) is 4.57 Å². The zero-order valence-corrected chi connectivity index (χ0v) is 31.2. The average molecular weight is 686 g/mol. The van der Waals surface area contributed by atoms with Gasteiger partial charge in [-0.1, -0.05) is 127 Å². The number of allylic oxidation sites excluding steroid dienone is 6. The van der Waals surface area contributed by atoms with Gasteiger partial charge in [0.05, 0.1) is 19.8 Å². The Bertz CT molecular complexity index is 818. The first-order chi connectivity index (χ1) is 22.9. The number of esters is 1. The van der Waals surface area contributed by atoms with Gasteiger partial charge in [-0.3, -0.25) is 13.8 Å². The first-order valence-electron chi connectivity index (χ1n) is 19.0. The molecule has 0 saturated carbocycles. The molecule has 0 aromatic rings. The molecular formula is C38H72NO7P. The van der Waals surface area contributed by atoms with E-state index in [4.69, 9.17) is 24.3 Å². The second-order valence-corrected chi connectivity index (χ2v) is 13.9. The molecule has 0 aliphatic heterocycles. The van der Waals surface area contributed by atoms with Crippen LogP contribution in [0.2, 0.25) is 0 Å². The summed E-state index contributed by atoms with van der Waals surface area (Å²) in [6.07, 6.45) is 38.6. The van der Waals surface area contributed by atoms with Gasteiger partial charge in [0.25, 0.3) is 0 Å². The Labute approximate surface area is 288 Å². The van der Waals surface area contributed by atoms with E-state index >= 15 is 0 Å². The number of carbonyl (C=O) groups is 1. The van der Waals surface area contributed by atoms with Crippen molar-refractivity contribution in [3.63, 3.8) is 0 Å². The van der Waals surface area contributed by atoms with Gasteiger partial charge in [-0.05, 0) is 64.2 Å². The van der Waals surface area contributed by atoms with Crippen LogP contribution in [0.25, 0.3) is 0 Å². The first kappa shape index (κ1) is 45.7. The van der Waals surface area contributed by atoms with Gasteiger partial charge in [0.1, 0.15) is 6.10 Å². The molecule has 9 heteroatoms. The molecule has 276 valence electrons. The van der Waals surface area contributed by atoms with E-state index in [1.54, 1.807) is 0 Å². The Morgan fingerprint density at radius 1 is 0.638 bits per heavy atom. The molecule has 0 aliphatic rings. The lowest BCUT2D eigenvalue weighted by Gasteiger charge is -2.20. The van der Waals surface area contributed by atoms with Crippen molar-refractivity contribution in [1.29, 1.82) is 0 Å². The minimum atomic E-state index is -4.27. The van der Waals surface area contributed by atoms with Crippen LogP contribution in [-0.4, -0.2) is 49.9 Å². The Balaban J connectivity index is 4.13. The van der Waals surface area contributed by atoms with Crippen molar-refractivity contribution in [2.24, 2.45) is 5.73 Å². The molecule has 2 atom stereocenters. The molecule has 0 aliphatic carbocycles. The molecule has 0 aromatic heterocycles. The lowest BCUT2D eigenvalue weighted by molar-refractivity contribution is -0.154. The lowest BCUT2D eigenvalue weighted by atomic mass is 10.1. The number of nitrogens with two attached hydrogens (primary N) is 1. The molecule has 0 saturated heterocycles. The summed E-state index contributed by atoms with van der Waals surface area (Å²) in [5.74, 6) is -0.348. The molecule has 8 nitrogen and oxygen atoms in total. The maximum Gasteiger partial charge on any atom is 0.472 e. The van der Waals surface area contributed by atoms with Gasteiger partial charge >= 0.3 is 13.8 Å². The predicted molar refractivity (Wildman–Crippen MR) is 196 cm³/mol. The highest BCUT2D eigenvalue weighted by atomic mass is 31.2. The number of hydrogen-bond donors (Lipinski definition) is 2. The number of hydrogen-bond acceptors (Lipinski definition) is 7. The molecule has 3 N–H and O–H groups in total. The van der Waals surface area contributed by atoms with Crippen LogP contribution in [0.15, 0.2) is 36.5 Å². The molecule has 47 heavy (non-hydrogen) atoms. The normalized spacial score (nSPS) is 14.0. The summed E-state index contributed by atoms with van der Waals surface area (Å²) in [7, 11) is -4.27. The van der Waals surface area contributed by atoms with Crippen LogP contribution < -0.4 is 5.73 Å². The fourth-order valence-electron chi connectivity index (χ4n) is 4.95. The number of rotatable bonds is 36. The average Bonchev–Trinajstić information content (AvgIpc) is 3.06. The number of carbonyl (C=O) groups excluding carboxylic acids is 1. The van der Waals surface area contributed by atoms with Crippen molar-refractivity contribution in [1.82, 2.24) is 0 Å². The standard InChI is InChI=1S/C38H72NO7P/c1-3-5-7-9-11-13-15-17-19-21-23-25-27-29-31-38(40)46-37(36-45-47(41,42)44-34-32-39)35-43-33-30-28-26-24-22-20-18-16-14-12-10-8-6-4-2/h9,11,14-17,37H,3-8,10,12-13,18-36,39H2,1-2H3,(H,41,42)/b11-9-,16-14-,17-15-. The maximum atomic E-state index is 12.5. The third-order valence-corrected chi connectivity index (χ3v) is 8.76. The minimum absolute atomic E-state index is 0.0964. The van der Waals surface area contributed by atoms with E-state index < -0.39 is 13.9 Å². The van der Waals surface area contributed by atoms with Gasteiger partial charge < -0.3 is 20.1 Å². The summed E-state index contributed by atoms with van der Waals surface area (Å²) >= 11 is 0. The smallest absolute Gasteiger partial charge is 0.457 e. The Hall–Kier alpha value is -1.28. The van der Waals surface area contributed by atoms with Crippen molar-refractivity contribution in [2.75, 3.05) is 33.0 Å². The first-order valence-corrected chi connectivity index (χ1v) is 20.5. The summed E-state index contributed by atoms with van der Waals surface area (Å²) in [6.45, 7) is 4.82. The van der Waals surface area contributed by atoms with Crippen LogP contribution >= 0.6 is 7.82 Å². The number of ether oxygens (including phenoxy) is 2. The third kappa shape index (κ3) is 35.8. The maximum absolute atomic E-state index is 12.5. The number of phosphoric acid groups is 1. The van der Waals surface area contributed by atoms with E-state index in [0.29, 0.717) is 13.0 Å². The quantitative estimate of drug-likeness (QED) is 0.0290. The van der Waals surface area contributed by atoms with Crippen molar-refractivity contribution in [2.45, 2.75) is 168 Å². The molecular weight excluding hydrogens is 613 g/mol. The van der Waals surface area contributed by atoms with Crippen LogP contribution in [-0.2, 0) is 27.9 Å². The number of unbranched alkanes of at least 4 members (excludes halogenated alkanes) is 17. The number of phosphoric ester groups is 1. The summed E-state index contributed by atoms with van der Waals surface area (Å²) < 4.78 is 33.3. The van der Waals surface area contributed by atoms with Crippen LogP contribution in [0.1, 0.15) is 162 Å². The Morgan fingerprint density at radius 2 is 1.15 bits per heavy atom. The summed E-state index contributed by atoms with van der Waals surface area (Å²) in [5.41, 5.74) is 5.35. The van der Waals surface area contributed by atoms with E-state index in [9.17, 15) is 14.3 Å². The largest absolute Gasteiger partial charge is 0.472 e. The summed E-state index contributed by atoms with van der Waals surface area (Å²) in [4.78, 5) is 22.4. The predicted octanol–water partition coefficient (Wildman–Crippen LogP) is 10.7. The molecule has 0 amide bonds. The fraction of sp³-hybridized carbons (Fsp3) is 0.816. The zero-order valence-electron chi connectivity index (χ0n) is 30.3. The van der Waals surface area contributed by atoms with E-state index in [1.165, 1.54) is 83.5 Å². The highest BCUT2D eigenvalue weighted by Gasteiger charge is 2.25. The van der Waals surface area contributed by atoms with Crippen molar-refractivity contribution in [3.8, 4) is 0 Å². The van der Waals surface area contributed by atoms with Gasteiger partial charge in [-0.15, -0.1) is 0 Å². The van der Waals surface area contributed by atoms with Gasteiger partial charge in [0.2, 0.25) is 0 Å². The second-order valence-electron chi connectivity index (χ2n) is 12.4. The Morgan fingerprint density at radius 3 is 1.74 bits per heavy atom. The van der Waals surface area contributed by atoms with Crippen LogP contribution in [0.4, 0.5) is 0 Å². The summed E-state index contributed by atoms with van der Waals surface area (Å²) in [6, 6.07) is 0. The minimum Gasteiger partial charge on any atom is -0.457 e. The SMILES string of the molecule is CCCC/C=C\C/C=C\CCCCCCCC(=O)OC(COCCCCCCCC/C=C\CCCCCC)COP(=O)(O)OCCN. The topological polar surface area (TPSA) is 117 Å². The highest BCUT2D eigenvalue weighted by Crippen LogP contribution is 2.43. The summed E-state index contributed by atoms with van der Waals surface area (Å²) in [5, 5.41) is 0. The molecule has 0 rings (SSSR count). The van der Waals surface area contributed by atoms with E-state index in [2.05, 4.69) is 50.3 Å². The van der Waals surface area contributed by atoms with E-state index in [0.717, 1.165) is 57.8 Å². The molecule has 0 bridgehead atoms. The monoisotopic (exact) mass is 686 g/mol. The molecule has 0 aromatic carbocycles. The van der Waals surface area contributed by atoms with Crippen LogP contribution in [0.5, 0.6) is 0 Å².